The van der Waals surface area contributed by atoms with E-state index in [9.17, 15) is 19.8 Å². The molecule has 0 aliphatic carbocycles. The Morgan fingerprint density at radius 3 is 1.00 bits per heavy atom. The molecule has 76 heavy (non-hydrogen) atoms. The van der Waals surface area contributed by atoms with Crippen molar-refractivity contribution in [2.45, 2.75) is 386 Å². The first-order valence-electron chi connectivity index (χ1n) is 34.3. The minimum atomic E-state index is -0.849. The lowest BCUT2D eigenvalue weighted by Gasteiger charge is -2.20. The Bertz CT molecular complexity index is 1230. The van der Waals surface area contributed by atoms with Crippen molar-refractivity contribution in [2.75, 3.05) is 13.2 Å². The largest absolute Gasteiger partial charge is 0.466 e. The van der Waals surface area contributed by atoms with E-state index in [2.05, 4.69) is 43.5 Å². The number of amides is 1. The lowest BCUT2D eigenvalue weighted by atomic mass is 10.0. The van der Waals surface area contributed by atoms with Gasteiger partial charge in [-0.3, -0.25) is 9.59 Å². The van der Waals surface area contributed by atoms with E-state index in [0.717, 1.165) is 44.9 Å². The Morgan fingerprint density at radius 1 is 0.368 bits per heavy atom. The molecule has 0 heterocycles. The summed E-state index contributed by atoms with van der Waals surface area (Å²) < 4.78 is 5.49. The van der Waals surface area contributed by atoms with Crippen LogP contribution in [-0.4, -0.2) is 47.4 Å². The number of esters is 1. The van der Waals surface area contributed by atoms with Crippen LogP contribution in [0.2, 0.25) is 0 Å². The van der Waals surface area contributed by atoms with E-state index < -0.39 is 12.1 Å². The maximum absolute atomic E-state index is 12.5. The van der Waals surface area contributed by atoms with Gasteiger partial charge < -0.3 is 20.3 Å². The van der Waals surface area contributed by atoms with Crippen molar-refractivity contribution in [3.05, 3.63) is 36.5 Å². The van der Waals surface area contributed by atoms with Crippen molar-refractivity contribution < 1.29 is 24.5 Å². The second-order valence-electron chi connectivity index (χ2n) is 23.5. The molecule has 0 rings (SSSR count). The minimum Gasteiger partial charge on any atom is -0.466 e. The fraction of sp³-hybridized carbons (Fsp3) is 0.886. The van der Waals surface area contributed by atoms with E-state index >= 15 is 0 Å². The lowest BCUT2D eigenvalue weighted by Crippen LogP contribution is -2.45. The molecule has 0 aromatic rings. The summed E-state index contributed by atoms with van der Waals surface area (Å²) in [7, 11) is 0. The number of ether oxygens (including phenoxy) is 1. The van der Waals surface area contributed by atoms with Crippen LogP contribution in [0, 0.1) is 0 Å². The maximum Gasteiger partial charge on any atom is 0.305 e. The second-order valence-corrected chi connectivity index (χ2v) is 23.5. The van der Waals surface area contributed by atoms with Crippen molar-refractivity contribution in [3.8, 4) is 0 Å². The number of hydrogen-bond donors (Lipinski definition) is 3. The Morgan fingerprint density at radius 2 is 0.658 bits per heavy atom. The Kier molecular flexibility index (Phi) is 63.9. The summed E-state index contributed by atoms with van der Waals surface area (Å²) in [5, 5.41) is 23.2. The minimum absolute atomic E-state index is 0.0124. The molecule has 0 saturated carbocycles. The molecule has 3 N–H and O–H groups in total. The zero-order valence-electron chi connectivity index (χ0n) is 51.3. The maximum atomic E-state index is 12.5. The van der Waals surface area contributed by atoms with Gasteiger partial charge in [0.2, 0.25) is 5.91 Å². The van der Waals surface area contributed by atoms with Gasteiger partial charge in [-0.15, -0.1) is 0 Å². The third-order valence-corrected chi connectivity index (χ3v) is 15.9. The van der Waals surface area contributed by atoms with Gasteiger partial charge in [-0.25, -0.2) is 0 Å². The fourth-order valence-corrected chi connectivity index (χ4v) is 10.7. The summed E-state index contributed by atoms with van der Waals surface area (Å²) in [5.74, 6) is -0.0591. The molecule has 0 fully saturated rings. The normalized spacial score (nSPS) is 12.7. The highest BCUT2D eigenvalue weighted by molar-refractivity contribution is 5.76. The predicted molar refractivity (Wildman–Crippen MR) is 333 cm³/mol. The summed E-state index contributed by atoms with van der Waals surface area (Å²) in [6.45, 7) is 4.93. The summed E-state index contributed by atoms with van der Waals surface area (Å²) in [6.07, 6.45) is 83.5. The second kappa shape index (κ2) is 65.6. The monoisotopic (exact) mass is 1070 g/mol. The molecular formula is C70H133NO5. The number of aliphatic hydroxyl groups is 2. The number of carbonyl (C=O) groups is 2. The van der Waals surface area contributed by atoms with Gasteiger partial charge in [0.1, 0.15) is 0 Å². The molecule has 0 aliphatic rings. The first-order valence-corrected chi connectivity index (χ1v) is 34.3. The van der Waals surface area contributed by atoms with Crippen molar-refractivity contribution in [2.24, 2.45) is 0 Å². The van der Waals surface area contributed by atoms with Crippen LogP contribution < -0.4 is 5.32 Å². The third kappa shape index (κ3) is 61.3. The van der Waals surface area contributed by atoms with Crippen LogP contribution in [0.3, 0.4) is 0 Å². The molecule has 6 heteroatoms. The molecule has 0 radical (unpaired) electrons. The van der Waals surface area contributed by atoms with Gasteiger partial charge >= 0.3 is 5.97 Å². The van der Waals surface area contributed by atoms with E-state index in [0.29, 0.717) is 19.4 Å². The molecule has 0 saturated heterocycles. The first kappa shape index (κ1) is 74.1. The number of allylic oxidation sites excluding steroid dienone is 5. The molecular weight excluding hydrogens is 935 g/mol. The molecule has 0 aliphatic heterocycles. The van der Waals surface area contributed by atoms with Gasteiger partial charge in [-0.05, 0) is 64.2 Å². The van der Waals surface area contributed by atoms with Crippen molar-refractivity contribution in [3.63, 3.8) is 0 Å². The van der Waals surface area contributed by atoms with E-state index in [-0.39, 0.29) is 18.5 Å². The summed E-state index contributed by atoms with van der Waals surface area (Å²) in [6, 6.07) is -0.633. The van der Waals surface area contributed by atoms with Crippen LogP contribution >= 0.6 is 0 Å². The third-order valence-electron chi connectivity index (χ3n) is 15.9. The molecule has 2 atom stereocenters. The zero-order valence-corrected chi connectivity index (χ0v) is 51.3. The highest BCUT2D eigenvalue weighted by atomic mass is 16.5. The van der Waals surface area contributed by atoms with Crippen LogP contribution in [-0.2, 0) is 14.3 Å². The number of nitrogens with one attached hydrogen (secondary N) is 1. The van der Waals surface area contributed by atoms with Crippen LogP contribution in [0.25, 0.3) is 0 Å². The highest BCUT2D eigenvalue weighted by Gasteiger charge is 2.18. The SMILES string of the molecule is CCCCCCCCCCCCCCCCCC/C=C/C(O)C(CO)NC(=O)CCCCCCCCCCC/C=C\C/C=C\CCCCCCCCCCCOC(=O)CCCCCCCCCCCCCCCCCC. The van der Waals surface area contributed by atoms with Gasteiger partial charge in [-0.1, -0.05) is 333 Å². The number of aliphatic hydroxyl groups excluding tert-OH is 2. The van der Waals surface area contributed by atoms with Crippen LogP contribution in [0.4, 0.5) is 0 Å². The lowest BCUT2D eigenvalue weighted by molar-refractivity contribution is -0.143. The molecule has 0 bridgehead atoms. The number of carbonyl (C=O) groups excluding carboxylic acids is 2. The summed E-state index contributed by atoms with van der Waals surface area (Å²) >= 11 is 0. The Balaban J connectivity index is 3.44. The van der Waals surface area contributed by atoms with Crippen LogP contribution in [0.5, 0.6) is 0 Å². The molecule has 2 unspecified atom stereocenters. The van der Waals surface area contributed by atoms with Crippen LogP contribution in [0.15, 0.2) is 36.5 Å². The van der Waals surface area contributed by atoms with Gasteiger partial charge in [0, 0.05) is 12.8 Å². The summed E-state index contributed by atoms with van der Waals surface area (Å²) in [4.78, 5) is 24.6. The zero-order chi connectivity index (χ0) is 55.0. The number of rotatable bonds is 64. The van der Waals surface area contributed by atoms with E-state index in [1.807, 2.05) is 6.08 Å². The smallest absolute Gasteiger partial charge is 0.305 e. The summed E-state index contributed by atoms with van der Waals surface area (Å²) in [5.41, 5.74) is 0. The quantitative estimate of drug-likeness (QED) is 0.0320. The average molecular weight is 1070 g/mol. The van der Waals surface area contributed by atoms with Gasteiger partial charge in [0.05, 0.1) is 25.4 Å². The van der Waals surface area contributed by atoms with Gasteiger partial charge in [-0.2, -0.15) is 0 Å². The fourth-order valence-electron chi connectivity index (χ4n) is 10.7. The first-order chi connectivity index (χ1) is 37.5. The molecule has 0 aromatic carbocycles. The van der Waals surface area contributed by atoms with E-state index in [1.165, 1.54) is 302 Å². The van der Waals surface area contributed by atoms with Gasteiger partial charge in [0.15, 0.2) is 0 Å². The molecule has 6 nitrogen and oxygen atoms in total. The highest BCUT2D eigenvalue weighted by Crippen LogP contribution is 2.18. The molecule has 1 amide bonds. The van der Waals surface area contributed by atoms with Crippen molar-refractivity contribution >= 4 is 11.9 Å². The number of unbranched alkanes of at least 4 members (excludes halogenated alkanes) is 49. The molecule has 0 aromatic heterocycles. The molecule has 448 valence electrons. The average Bonchev–Trinajstić information content (AvgIpc) is 3.42. The molecule has 0 spiro atoms. The van der Waals surface area contributed by atoms with Crippen molar-refractivity contribution in [1.82, 2.24) is 5.32 Å². The van der Waals surface area contributed by atoms with E-state index in [1.54, 1.807) is 6.08 Å². The predicted octanol–water partition coefficient (Wildman–Crippen LogP) is 21.9. The Labute approximate surface area is 474 Å². The van der Waals surface area contributed by atoms with Crippen molar-refractivity contribution in [1.29, 1.82) is 0 Å². The number of hydrogen-bond acceptors (Lipinski definition) is 5. The Hall–Kier alpha value is -1.92. The topological polar surface area (TPSA) is 95.9 Å². The van der Waals surface area contributed by atoms with E-state index in [4.69, 9.17) is 4.74 Å². The van der Waals surface area contributed by atoms with Gasteiger partial charge in [0.25, 0.3) is 0 Å². The standard InChI is InChI=1S/C70H133NO5/c1-3-5-7-9-11-13-15-17-19-21-31-34-38-42-46-50-54-58-62-68(73)67(66-72)71-69(74)63-59-55-51-47-43-39-35-32-29-27-25-23-22-24-26-28-30-33-37-41-45-49-53-57-61-65-76-70(75)64-60-56-52-48-44-40-36-20-18-16-14-12-10-8-6-4-2/h23-26,58,62,67-68,72-73H,3-22,27-57,59-61,63-66H2,1-2H3,(H,71,74)/b25-23-,26-24-,62-58+. The van der Waals surface area contributed by atoms with Crippen LogP contribution in [0.1, 0.15) is 373 Å².